The highest BCUT2D eigenvalue weighted by atomic mass is 16.2. The van der Waals surface area contributed by atoms with Crippen molar-refractivity contribution in [2.45, 2.75) is 13.0 Å². The van der Waals surface area contributed by atoms with Crippen LogP contribution in [0, 0.1) is 0 Å². The Hall–Kier alpha value is -1.35. The molecule has 0 spiro atoms. The molecular formula is C9H14N2O. The van der Waals surface area contributed by atoms with Crippen molar-refractivity contribution >= 4 is 5.91 Å². The van der Waals surface area contributed by atoms with Crippen molar-refractivity contribution in [1.82, 2.24) is 10.9 Å². The molecular weight excluding hydrogens is 152 g/mol. The first-order valence-electron chi connectivity index (χ1n) is 3.68. The number of rotatable bonds is 5. The second-order valence-electron chi connectivity index (χ2n) is 2.25. The van der Waals surface area contributed by atoms with Crippen molar-refractivity contribution in [2.24, 2.45) is 0 Å². The predicted octanol–water partition coefficient (Wildman–Crippen LogP) is 0.924. The number of hydrogen-bond acceptors (Lipinski definition) is 2. The first-order valence-corrected chi connectivity index (χ1v) is 3.68. The van der Waals surface area contributed by atoms with Gasteiger partial charge in [0.05, 0.1) is 0 Å². The monoisotopic (exact) mass is 166 g/mol. The van der Waals surface area contributed by atoms with Crippen LogP contribution in [0.15, 0.2) is 37.5 Å². The molecule has 0 aromatic heterocycles. The van der Waals surface area contributed by atoms with E-state index in [1.807, 2.05) is 13.0 Å². The van der Waals surface area contributed by atoms with Gasteiger partial charge >= 0.3 is 0 Å². The zero-order valence-electron chi connectivity index (χ0n) is 7.21. The molecule has 12 heavy (non-hydrogen) atoms. The van der Waals surface area contributed by atoms with Crippen LogP contribution in [0.4, 0.5) is 0 Å². The van der Waals surface area contributed by atoms with Gasteiger partial charge in [-0.2, -0.15) is 0 Å². The molecule has 0 saturated carbocycles. The Balaban J connectivity index is 3.62. The van der Waals surface area contributed by atoms with Gasteiger partial charge in [-0.3, -0.25) is 10.2 Å². The number of amides is 1. The van der Waals surface area contributed by atoms with Gasteiger partial charge in [0.25, 0.3) is 5.91 Å². The van der Waals surface area contributed by atoms with Crippen molar-refractivity contribution in [3.63, 3.8) is 0 Å². The quantitative estimate of drug-likeness (QED) is 0.362. The summed E-state index contributed by atoms with van der Waals surface area (Å²) in [4.78, 5) is 10.7. The van der Waals surface area contributed by atoms with Crippen LogP contribution < -0.4 is 10.9 Å². The Morgan fingerprint density at radius 3 is 2.67 bits per heavy atom. The highest BCUT2D eigenvalue weighted by molar-refractivity contribution is 5.86. The number of hydrazine groups is 1. The Morgan fingerprint density at radius 2 is 2.17 bits per heavy atom. The molecule has 0 aromatic rings. The average molecular weight is 166 g/mol. The summed E-state index contributed by atoms with van der Waals surface area (Å²) in [5.41, 5.74) is 5.21. The van der Waals surface area contributed by atoms with Gasteiger partial charge in [0.2, 0.25) is 0 Å². The lowest BCUT2D eigenvalue weighted by atomic mass is 10.3. The van der Waals surface area contributed by atoms with E-state index >= 15 is 0 Å². The van der Waals surface area contributed by atoms with E-state index in [-0.39, 0.29) is 11.9 Å². The molecule has 1 amide bonds. The van der Waals surface area contributed by atoms with Crippen LogP contribution in [0.25, 0.3) is 0 Å². The number of carbonyl (C=O) groups excluding carboxylic acids is 1. The molecule has 0 aromatic carbocycles. The predicted molar refractivity (Wildman–Crippen MR) is 50.3 cm³/mol. The molecule has 2 N–H and O–H groups in total. The third-order valence-electron chi connectivity index (χ3n) is 1.14. The Morgan fingerprint density at radius 1 is 1.50 bits per heavy atom. The van der Waals surface area contributed by atoms with Gasteiger partial charge in [0.1, 0.15) is 0 Å². The molecule has 0 aliphatic heterocycles. The maximum atomic E-state index is 10.7. The van der Waals surface area contributed by atoms with Crippen molar-refractivity contribution in [1.29, 1.82) is 0 Å². The van der Waals surface area contributed by atoms with Crippen LogP contribution in [-0.4, -0.2) is 11.9 Å². The van der Waals surface area contributed by atoms with Crippen LogP contribution in [0.5, 0.6) is 0 Å². The van der Waals surface area contributed by atoms with E-state index in [1.165, 1.54) is 6.08 Å². The molecule has 0 saturated heterocycles. The number of carbonyl (C=O) groups is 1. The minimum absolute atomic E-state index is 0.0758. The molecule has 0 fully saturated rings. The minimum Gasteiger partial charge on any atom is -0.287 e. The van der Waals surface area contributed by atoms with Gasteiger partial charge in [-0.05, 0) is 13.0 Å². The number of allylic oxidation sites excluding steroid dienone is 2. The van der Waals surface area contributed by atoms with E-state index in [1.54, 1.807) is 12.2 Å². The Bertz CT molecular complexity index is 197. The molecule has 0 aliphatic carbocycles. The highest BCUT2D eigenvalue weighted by Crippen LogP contribution is 1.82. The zero-order valence-corrected chi connectivity index (χ0v) is 7.21. The average Bonchev–Trinajstić information content (AvgIpc) is 2.10. The van der Waals surface area contributed by atoms with E-state index in [0.29, 0.717) is 0 Å². The fourth-order valence-corrected chi connectivity index (χ4v) is 0.529. The third kappa shape index (κ3) is 5.44. The largest absolute Gasteiger partial charge is 0.287 e. The SMILES string of the molecule is C=C/C=C\C(C)NNC(=O)C=C. The second kappa shape index (κ2) is 6.37. The summed E-state index contributed by atoms with van der Waals surface area (Å²) < 4.78 is 0. The fraction of sp³-hybridized carbons (Fsp3) is 0.222. The lowest BCUT2D eigenvalue weighted by Gasteiger charge is -2.08. The summed E-state index contributed by atoms with van der Waals surface area (Å²) in [7, 11) is 0. The van der Waals surface area contributed by atoms with Gasteiger partial charge in [0.15, 0.2) is 0 Å². The first-order chi connectivity index (χ1) is 5.70. The molecule has 0 rings (SSSR count). The first kappa shape index (κ1) is 10.7. The maximum Gasteiger partial charge on any atom is 0.257 e. The van der Waals surface area contributed by atoms with Crippen LogP contribution in [0.3, 0.4) is 0 Å². The van der Waals surface area contributed by atoms with Gasteiger partial charge in [-0.1, -0.05) is 31.4 Å². The van der Waals surface area contributed by atoms with Crippen molar-refractivity contribution < 1.29 is 4.79 Å². The van der Waals surface area contributed by atoms with E-state index < -0.39 is 0 Å². The standard InChI is InChI=1S/C9H14N2O/c1-4-6-7-8(3)10-11-9(12)5-2/h4-8,10H,1-2H2,3H3,(H,11,12)/b7-6-. The van der Waals surface area contributed by atoms with Gasteiger partial charge in [0, 0.05) is 6.04 Å². The lowest BCUT2D eigenvalue weighted by Crippen LogP contribution is -2.41. The number of hydrogen-bond donors (Lipinski definition) is 2. The molecule has 66 valence electrons. The van der Waals surface area contributed by atoms with Crippen molar-refractivity contribution in [2.75, 3.05) is 0 Å². The molecule has 1 atom stereocenters. The summed E-state index contributed by atoms with van der Waals surface area (Å²) in [5.74, 6) is -0.242. The highest BCUT2D eigenvalue weighted by Gasteiger charge is 1.95. The summed E-state index contributed by atoms with van der Waals surface area (Å²) in [6.45, 7) is 8.75. The van der Waals surface area contributed by atoms with Gasteiger partial charge in [-0.15, -0.1) is 0 Å². The molecule has 0 aliphatic rings. The molecule has 3 nitrogen and oxygen atoms in total. The maximum absolute atomic E-state index is 10.7. The Labute approximate surface area is 72.8 Å². The number of nitrogens with one attached hydrogen (secondary N) is 2. The van der Waals surface area contributed by atoms with Crippen molar-refractivity contribution in [3.05, 3.63) is 37.5 Å². The summed E-state index contributed by atoms with van der Waals surface area (Å²) in [5, 5.41) is 0. The zero-order chi connectivity index (χ0) is 9.40. The molecule has 3 heteroatoms. The minimum atomic E-state index is -0.242. The summed E-state index contributed by atoms with van der Waals surface area (Å²) in [6.07, 6.45) is 6.55. The van der Waals surface area contributed by atoms with E-state index in [4.69, 9.17) is 0 Å². The molecule has 1 unspecified atom stereocenters. The van der Waals surface area contributed by atoms with Crippen molar-refractivity contribution in [3.8, 4) is 0 Å². The molecule has 0 bridgehead atoms. The Kier molecular flexibility index (Phi) is 5.65. The summed E-state index contributed by atoms with van der Waals surface area (Å²) in [6, 6.07) is 0.0758. The van der Waals surface area contributed by atoms with Gasteiger partial charge < -0.3 is 0 Å². The topological polar surface area (TPSA) is 41.1 Å². The van der Waals surface area contributed by atoms with Crippen LogP contribution in [0.2, 0.25) is 0 Å². The van der Waals surface area contributed by atoms with Crippen LogP contribution in [-0.2, 0) is 4.79 Å². The van der Waals surface area contributed by atoms with Gasteiger partial charge in [-0.25, -0.2) is 5.43 Å². The van der Waals surface area contributed by atoms with Crippen LogP contribution in [0.1, 0.15) is 6.92 Å². The smallest absolute Gasteiger partial charge is 0.257 e. The third-order valence-corrected chi connectivity index (χ3v) is 1.14. The van der Waals surface area contributed by atoms with E-state index in [0.717, 1.165) is 0 Å². The van der Waals surface area contributed by atoms with E-state index in [2.05, 4.69) is 24.0 Å². The second-order valence-corrected chi connectivity index (χ2v) is 2.25. The molecule has 0 radical (unpaired) electrons. The fourth-order valence-electron chi connectivity index (χ4n) is 0.529. The normalized spacial score (nSPS) is 12.4. The summed E-state index contributed by atoms with van der Waals surface area (Å²) >= 11 is 0. The molecule has 0 heterocycles. The lowest BCUT2D eigenvalue weighted by molar-refractivity contribution is -0.117. The van der Waals surface area contributed by atoms with E-state index in [9.17, 15) is 4.79 Å². The van der Waals surface area contributed by atoms with Crippen LogP contribution >= 0.6 is 0 Å².